The van der Waals surface area contributed by atoms with Gasteiger partial charge in [0.15, 0.2) is 5.58 Å². The van der Waals surface area contributed by atoms with E-state index in [1.165, 1.54) is 11.1 Å². The Morgan fingerprint density at radius 3 is 2.96 bits per heavy atom. The minimum atomic E-state index is 0.711. The molecule has 0 unspecified atom stereocenters. The molecule has 0 saturated carbocycles. The maximum atomic E-state index is 5.89. The van der Waals surface area contributed by atoms with Crippen molar-refractivity contribution in [3.8, 4) is 5.75 Å². The van der Waals surface area contributed by atoms with E-state index in [1.807, 2.05) is 24.3 Å². The molecule has 23 heavy (non-hydrogen) atoms. The van der Waals surface area contributed by atoms with Gasteiger partial charge in [-0.15, -0.1) is 0 Å². The van der Waals surface area contributed by atoms with Crippen molar-refractivity contribution in [1.82, 2.24) is 4.98 Å². The molecule has 0 spiro atoms. The molecule has 0 fully saturated rings. The third-order valence-electron chi connectivity index (χ3n) is 4.22. The van der Waals surface area contributed by atoms with Crippen molar-refractivity contribution in [2.24, 2.45) is 0 Å². The van der Waals surface area contributed by atoms with E-state index in [0.29, 0.717) is 6.01 Å². The highest BCUT2D eigenvalue weighted by Gasteiger charge is 2.21. The zero-order valence-electron chi connectivity index (χ0n) is 13.3. The molecule has 0 radical (unpaired) electrons. The summed E-state index contributed by atoms with van der Waals surface area (Å²) in [5.74, 6) is 0.973. The molecule has 0 saturated heterocycles. The number of benzene rings is 2. The van der Waals surface area contributed by atoms with Crippen molar-refractivity contribution in [2.75, 3.05) is 18.1 Å². The van der Waals surface area contributed by atoms with Gasteiger partial charge in [0.2, 0.25) is 0 Å². The molecule has 2 heterocycles. The second kappa shape index (κ2) is 5.95. The number of para-hydroxylation sites is 2. The lowest BCUT2D eigenvalue weighted by atomic mass is 10.00. The van der Waals surface area contributed by atoms with E-state index >= 15 is 0 Å². The van der Waals surface area contributed by atoms with E-state index in [-0.39, 0.29) is 0 Å². The van der Waals surface area contributed by atoms with E-state index in [4.69, 9.17) is 9.15 Å². The zero-order valence-corrected chi connectivity index (χ0v) is 13.3. The Kier molecular flexibility index (Phi) is 3.66. The Hall–Kier alpha value is -2.49. The van der Waals surface area contributed by atoms with Gasteiger partial charge in [-0.2, -0.15) is 4.98 Å². The molecule has 0 amide bonds. The number of fused-ring (bicyclic) bond motifs is 2. The van der Waals surface area contributed by atoms with Crippen molar-refractivity contribution in [3.63, 3.8) is 0 Å². The Morgan fingerprint density at radius 2 is 2.09 bits per heavy atom. The molecule has 0 atom stereocenters. The number of aromatic nitrogens is 1. The van der Waals surface area contributed by atoms with Crippen LogP contribution in [0.4, 0.5) is 6.01 Å². The summed E-state index contributed by atoms with van der Waals surface area (Å²) >= 11 is 0. The Bertz CT molecular complexity index is 792. The van der Waals surface area contributed by atoms with Crippen LogP contribution in [-0.2, 0) is 13.0 Å². The lowest BCUT2D eigenvalue weighted by Crippen LogP contribution is -2.30. The Balaban J connectivity index is 1.56. The summed E-state index contributed by atoms with van der Waals surface area (Å²) in [7, 11) is 0. The number of oxazole rings is 1. The highest BCUT2D eigenvalue weighted by atomic mass is 16.5. The molecule has 4 heteroatoms. The van der Waals surface area contributed by atoms with Crippen molar-refractivity contribution in [3.05, 3.63) is 53.6 Å². The molecule has 3 aromatic rings. The van der Waals surface area contributed by atoms with Crippen LogP contribution < -0.4 is 9.64 Å². The van der Waals surface area contributed by atoms with E-state index in [0.717, 1.165) is 49.4 Å². The number of rotatable bonds is 4. The number of hydrogen-bond donors (Lipinski definition) is 0. The Labute approximate surface area is 135 Å². The van der Waals surface area contributed by atoms with Gasteiger partial charge in [-0.25, -0.2) is 0 Å². The molecule has 4 rings (SSSR count). The minimum absolute atomic E-state index is 0.711. The average Bonchev–Trinajstić information content (AvgIpc) is 3.03. The smallest absolute Gasteiger partial charge is 0.298 e. The van der Waals surface area contributed by atoms with Gasteiger partial charge < -0.3 is 14.1 Å². The van der Waals surface area contributed by atoms with E-state index in [9.17, 15) is 0 Å². The molecular formula is C19H20N2O2. The quantitative estimate of drug-likeness (QED) is 0.725. The third kappa shape index (κ3) is 2.77. The Morgan fingerprint density at radius 1 is 1.17 bits per heavy atom. The summed E-state index contributed by atoms with van der Waals surface area (Å²) in [6, 6.07) is 15.0. The molecule has 0 bridgehead atoms. The van der Waals surface area contributed by atoms with Crippen LogP contribution in [0, 0.1) is 0 Å². The van der Waals surface area contributed by atoms with E-state index in [2.05, 4.69) is 35.0 Å². The van der Waals surface area contributed by atoms with Crippen molar-refractivity contribution in [2.45, 2.75) is 26.3 Å². The lowest BCUT2D eigenvalue weighted by molar-refractivity contribution is 0.317. The van der Waals surface area contributed by atoms with Gasteiger partial charge in [-0.05, 0) is 48.2 Å². The first-order valence-electron chi connectivity index (χ1n) is 8.18. The lowest BCUT2D eigenvalue weighted by Gasteiger charge is -2.27. The standard InChI is InChI=1S/C19H20N2O2/c1-2-11-22-16-8-7-15-13-21(10-9-14(15)12-16)19-20-17-5-3-4-6-18(17)23-19/h3-8,12H,2,9-11,13H2,1H3. The topological polar surface area (TPSA) is 38.5 Å². The molecule has 1 aliphatic heterocycles. The fourth-order valence-corrected chi connectivity index (χ4v) is 3.00. The number of hydrogen-bond acceptors (Lipinski definition) is 4. The second-order valence-corrected chi connectivity index (χ2v) is 5.91. The first-order chi connectivity index (χ1) is 11.3. The summed E-state index contributed by atoms with van der Waals surface area (Å²) in [6.07, 6.45) is 2.01. The number of anilines is 1. The zero-order chi connectivity index (χ0) is 15.6. The van der Waals surface area contributed by atoms with Gasteiger partial charge in [0.25, 0.3) is 6.01 Å². The molecule has 1 aliphatic rings. The minimum Gasteiger partial charge on any atom is -0.494 e. The summed E-state index contributed by atoms with van der Waals surface area (Å²) in [5, 5.41) is 0. The van der Waals surface area contributed by atoms with Gasteiger partial charge >= 0.3 is 0 Å². The maximum Gasteiger partial charge on any atom is 0.298 e. The highest BCUT2D eigenvalue weighted by molar-refractivity contribution is 5.74. The first-order valence-corrected chi connectivity index (χ1v) is 8.18. The maximum absolute atomic E-state index is 5.89. The van der Waals surface area contributed by atoms with Crippen LogP contribution in [0.15, 0.2) is 46.9 Å². The second-order valence-electron chi connectivity index (χ2n) is 5.91. The molecule has 4 nitrogen and oxygen atoms in total. The van der Waals surface area contributed by atoms with Crippen LogP contribution >= 0.6 is 0 Å². The van der Waals surface area contributed by atoms with Crippen molar-refractivity contribution >= 4 is 17.1 Å². The van der Waals surface area contributed by atoms with Gasteiger partial charge in [-0.3, -0.25) is 0 Å². The number of ether oxygens (including phenoxy) is 1. The molecule has 1 aromatic heterocycles. The highest BCUT2D eigenvalue weighted by Crippen LogP contribution is 2.29. The fourth-order valence-electron chi connectivity index (χ4n) is 3.00. The van der Waals surface area contributed by atoms with Gasteiger partial charge in [0, 0.05) is 13.1 Å². The van der Waals surface area contributed by atoms with Crippen molar-refractivity contribution < 1.29 is 9.15 Å². The molecule has 0 N–H and O–H groups in total. The molecule has 0 aliphatic carbocycles. The summed E-state index contributed by atoms with van der Waals surface area (Å²) in [6.45, 7) is 4.64. The van der Waals surface area contributed by atoms with Crippen molar-refractivity contribution in [1.29, 1.82) is 0 Å². The van der Waals surface area contributed by atoms with Crippen LogP contribution in [0.2, 0.25) is 0 Å². The fraction of sp³-hybridized carbons (Fsp3) is 0.316. The summed E-state index contributed by atoms with van der Waals surface area (Å²) in [4.78, 5) is 6.81. The first kappa shape index (κ1) is 14.1. The van der Waals surface area contributed by atoms with Crippen LogP contribution in [0.25, 0.3) is 11.1 Å². The predicted molar refractivity (Wildman–Crippen MR) is 91.0 cm³/mol. The molecular weight excluding hydrogens is 288 g/mol. The third-order valence-corrected chi connectivity index (χ3v) is 4.22. The van der Waals surface area contributed by atoms with Crippen LogP contribution in [-0.4, -0.2) is 18.1 Å². The predicted octanol–water partition coefficient (Wildman–Crippen LogP) is 4.18. The SMILES string of the molecule is CCCOc1ccc2c(c1)CCN(c1nc3ccccc3o1)C2. The molecule has 118 valence electrons. The summed E-state index contributed by atoms with van der Waals surface area (Å²) in [5.41, 5.74) is 4.45. The molecule has 2 aromatic carbocycles. The largest absolute Gasteiger partial charge is 0.494 e. The van der Waals surface area contributed by atoms with Gasteiger partial charge in [0.05, 0.1) is 6.61 Å². The van der Waals surface area contributed by atoms with Gasteiger partial charge in [0.1, 0.15) is 11.3 Å². The average molecular weight is 308 g/mol. The van der Waals surface area contributed by atoms with E-state index < -0.39 is 0 Å². The normalized spacial score (nSPS) is 14.0. The number of nitrogens with zero attached hydrogens (tertiary/aromatic N) is 2. The summed E-state index contributed by atoms with van der Waals surface area (Å²) < 4.78 is 11.6. The van der Waals surface area contributed by atoms with E-state index in [1.54, 1.807) is 0 Å². The van der Waals surface area contributed by atoms with Crippen LogP contribution in [0.1, 0.15) is 24.5 Å². The monoisotopic (exact) mass is 308 g/mol. The van der Waals surface area contributed by atoms with Gasteiger partial charge in [-0.1, -0.05) is 25.1 Å². The van der Waals surface area contributed by atoms with Crippen LogP contribution in [0.3, 0.4) is 0 Å². The van der Waals surface area contributed by atoms with Crippen LogP contribution in [0.5, 0.6) is 5.75 Å².